The van der Waals surface area contributed by atoms with Gasteiger partial charge in [-0.1, -0.05) is 42.5 Å². The molecule has 0 fully saturated rings. The number of amides is 1. The number of hydrogen-bond acceptors (Lipinski definition) is 3. The lowest BCUT2D eigenvalue weighted by atomic mass is 10.1. The summed E-state index contributed by atoms with van der Waals surface area (Å²) in [4.78, 5) is 13.9. The molecular weight excluding hydrogens is 278 g/mol. The van der Waals surface area contributed by atoms with E-state index in [2.05, 4.69) is 0 Å². The van der Waals surface area contributed by atoms with Gasteiger partial charge in [0.1, 0.15) is 5.75 Å². The summed E-state index contributed by atoms with van der Waals surface area (Å²) in [7, 11) is 3.26. The fourth-order valence-electron chi connectivity index (χ4n) is 2.21. The van der Waals surface area contributed by atoms with Crippen molar-refractivity contribution in [1.29, 1.82) is 0 Å². The second-order valence-corrected chi connectivity index (χ2v) is 5.17. The van der Waals surface area contributed by atoms with Crippen molar-refractivity contribution in [3.63, 3.8) is 0 Å². The maximum Gasteiger partial charge on any atom is 0.255 e. The highest BCUT2D eigenvalue weighted by molar-refractivity contribution is 5.82. The molecule has 1 N–H and O–H groups in total. The third kappa shape index (κ3) is 4.09. The number of carbonyl (C=O) groups is 1. The largest absolute Gasteiger partial charge is 0.497 e. The van der Waals surface area contributed by atoms with E-state index in [1.54, 1.807) is 43.3 Å². The van der Waals surface area contributed by atoms with Crippen molar-refractivity contribution in [2.24, 2.45) is 0 Å². The van der Waals surface area contributed by atoms with Crippen molar-refractivity contribution in [3.8, 4) is 5.75 Å². The number of aliphatic hydroxyl groups is 1. The monoisotopic (exact) mass is 299 g/mol. The van der Waals surface area contributed by atoms with Crippen LogP contribution in [0.3, 0.4) is 0 Å². The SMILES string of the molecule is COc1cccc(C(O)C(=O)N(C)CCc2ccccc2)c1. The third-order valence-corrected chi connectivity index (χ3v) is 3.60. The molecule has 0 aliphatic rings. The molecule has 1 amide bonds. The zero-order chi connectivity index (χ0) is 15.9. The van der Waals surface area contributed by atoms with Crippen molar-refractivity contribution < 1.29 is 14.6 Å². The lowest BCUT2D eigenvalue weighted by molar-refractivity contribution is -0.139. The number of likely N-dealkylation sites (N-methyl/N-ethyl adjacent to an activating group) is 1. The molecule has 0 spiro atoms. The number of aliphatic hydroxyl groups excluding tert-OH is 1. The van der Waals surface area contributed by atoms with E-state index in [9.17, 15) is 9.90 Å². The summed E-state index contributed by atoms with van der Waals surface area (Å²) >= 11 is 0. The Hall–Kier alpha value is -2.33. The average molecular weight is 299 g/mol. The summed E-state index contributed by atoms with van der Waals surface area (Å²) in [6, 6.07) is 16.9. The van der Waals surface area contributed by atoms with Gasteiger partial charge in [0.05, 0.1) is 7.11 Å². The molecule has 0 saturated carbocycles. The molecule has 1 atom stereocenters. The summed E-state index contributed by atoms with van der Waals surface area (Å²) in [5.41, 5.74) is 1.70. The highest BCUT2D eigenvalue weighted by atomic mass is 16.5. The Labute approximate surface area is 131 Å². The molecule has 22 heavy (non-hydrogen) atoms. The quantitative estimate of drug-likeness (QED) is 0.891. The predicted molar refractivity (Wildman–Crippen MR) is 85.7 cm³/mol. The van der Waals surface area contributed by atoms with Gasteiger partial charge >= 0.3 is 0 Å². The van der Waals surface area contributed by atoms with Gasteiger partial charge in [-0.25, -0.2) is 0 Å². The Balaban J connectivity index is 1.97. The third-order valence-electron chi connectivity index (χ3n) is 3.60. The topological polar surface area (TPSA) is 49.8 Å². The zero-order valence-corrected chi connectivity index (χ0v) is 12.9. The van der Waals surface area contributed by atoms with E-state index in [0.29, 0.717) is 17.9 Å². The van der Waals surface area contributed by atoms with Gasteiger partial charge < -0.3 is 14.7 Å². The van der Waals surface area contributed by atoms with Crippen LogP contribution >= 0.6 is 0 Å². The van der Waals surface area contributed by atoms with Crippen LogP contribution in [0, 0.1) is 0 Å². The molecule has 1 unspecified atom stereocenters. The number of carbonyl (C=O) groups excluding carboxylic acids is 1. The molecule has 0 saturated heterocycles. The van der Waals surface area contributed by atoms with Crippen molar-refractivity contribution in [3.05, 3.63) is 65.7 Å². The molecule has 2 aromatic carbocycles. The van der Waals surface area contributed by atoms with Crippen LogP contribution in [0.2, 0.25) is 0 Å². The van der Waals surface area contributed by atoms with Gasteiger partial charge in [0.15, 0.2) is 6.10 Å². The molecule has 116 valence electrons. The lowest BCUT2D eigenvalue weighted by Crippen LogP contribution is -2.33. The molecule has 4 nitrogen and oxygen atoms in total. The fraction of sp³-hybridized carbons (Fsp3) is 0.278. The summed E-state index contributed by atoms with van der Waals surface area (Å²) < 4.78 is 5.11. The first-order chi connectivity index (χ1) is 10.6. The number of rotatable bonds is 6. The van der Waals surface area contributed by atoms with Crippen molar-refractivity contribution in [2.45, 2.75) is 12.5 Å². The molecule has 4 heteroatoms. The van der Waals surface area contributed by atoms with Crippen LogP contribution < -0.4 is 4.74 Å². The van der Waals surface area contributed by atoms with E-state index < -0.39 is 6.10 Å². The normalized spacial score (nSPS) is 11.8. The molecule has 0 aliphatic carbocycles. The summed E-state index contributed by atoms with van der Waals surface area (Å²) in [6.07, 6.45) is -0.413. The molecule has 0 bridgehead atoms. The van der Waals surface area contributed by atoms with E-state index in [1.165, 1.54) is 0 Å². The van der Waals surface area contributed by atoms with E-state index in [4.69, 9.17) is 4.74 Å². The highest BCUT2D eigenvalue weighted by Gasteiger charge is 2.21. The van der Waals surface area contributed by atoms with Crippen LogP contribution in [0.1, 0.15) is 17.2 Å². The Kier molecular flexibility index (Phi) is 5.55. The van der Waals surface area contributed by atoms with E-state index in [1.807, 2.05) is 30.3 Å². The minimum Gasteiger partial charge on any atom is -0.497 e. The van der Waals surface area contributed by atoms with Crippen molar-refractivity contribution in [2.75, 3.05) is 20.7 Å². The Morgan fingerprint density at radius 3 is 2.59 bits per heavy atom. The molecular formula is C18H21NO3. The number of hydrogen-bond donors (Lipinski definition) is 1. The minimum atomic E-state index is -1.17. The maximum absolute atomic E-state index is 12.3. The molecule has 0 radical (unpaired) electrons. The molecule has 2 aromatic rings. The van der Waals surface area contributed by atoms with Gasteiger partial charge in [-0.3, -0.25) is 4.79 Å². The summed E-state index contributed by atoms with van der Waals surface area (Å²) in [5.74, 6) is 0.306. The molecule has 0 aromatic heterocycles. The zero-order valence-electron chi connectivity index (χ0n) is 12.9. The number of nitrogens with zero attached hydrogens (tertiary/aromatic N) is 1. The van der Waals surface area contributed by atoms with Gasteiger partial charge in [-0.05, 0) is 29.7 Å². The molecule has 0 aliphatic heterocycles. The first-order valence-electron chi connectivity index (χ1n) is 7.22. The van der Waals surface area contributed by atoms with Gasteiger partial charge in [0.2, 0.25) is 0 Å². The van der Waals surface area contributed by atoms with Crippen LogP contribution in [0.5, 0.6) is 5.75 Å². The molecule has 0 heterocycles. The average Bonchev–Trinajstić information content (AvgIpc) is 2.59. The second-order valence-electron chi connectivity index (χ2n) is 5.17. The number of ether oxygens (including phenoxy) is 1. The Morgan fingerprint density at radius 2 is 1.91 bits per heavy atom. The maximum atomic E-state index is 12.3. The van der Waals surface area contributed by atoms with Gasteiger partial charge in [-0.2, -0.15) is 0 Å². The standard InChI is InChI=1S/C18H21NO3/c1-19(12-11-14-7-4-3-5-8-14)18(21)17(20)15-9-6-10-16(13-15)22-2/h3-10,13,17,20H,11-12H2,1-2H3. The van der Waals surface area contributed by atoms with Gasteiger partial charge in [0.25, 0.3) is 5.91 Å². The first kappa shape index (κ1) is 16.0. The van der Waals surface area contributed by atoms with Gasteiger partial charge in [-0.15, -0.1) is 0 Å². The first-order valence-corrected chi connectivity index (χ1v) is 7.22. The van der Waals surface area contributed by atoms with Gasteiger partial charge in [0, 0.05) is 13.6 Å². The molecule has 2 rings (SSSR count). The van der Waals surface area contributed by atoms with Crippen LogP contribution in [-0.2, 0) is 11.2 Å². The van der Waals surface area contributed by atoms with E-state index in [-0.39, 0.29) is 5.91 Å². The summed E-state index contributed by atoms with van der Waals surface area (Å²) in [6.45, 7) is 0.559. The Bertz CT molecular complexity index is 613. The van der Waals surface area contributed by atoms with Crippen LogP contribution in [0.25, 0.3) is 0 Å². The van der Waals surface area contributed by atoms with Crippen LogP contribution in [0.4, 0.5) is 0 Å². The van der Waals surface area contributed by atoms with E-state index in [0.717, 1.165) is 12.0 Å². The van der Waals surface area contributed by atoms with Crippen molar-refractivity contribution >= 4 is 5.91 Å². The fourth-order valence-corrected chi connectivity index (χ4v) is 2.21. The minimum absolute atomic E-state index is 0.316. The van der Waals surface area contributed by atoms with E-state index >= 15 is 0 Å². The lowest BCUT2D eigenvalue weighted by Gasteiger charge is -2.21. The highest BCUT2D eigenvalue weighted by Crippen LogP contribution is 2.20. The van der Waals surface area contributed by atoms with Crippen LogP contribution in [-0.4, -0.2) is 36.6 Å². The van der Waals surface area contributed by atoms with Crippen molar-refractivity contribution in [1.82, 2.24) is 4.90 Å². The predicted octanol–water partition coefficient (Wildman–Crippen LogP) is 2.43. The number of methoxy groups -OCH3 is 1. The smallest absolute Gasteiger partial charge is 0.255 e. The van der Waals surface area contributed by atoms with Crippen LogP contribution in [0.15, 0.2) is 54.6 Å². The number of benzene rings is 2. The summed E-state index contributed by atoms with van der Waals surface area (Å²) in [5, 5.41) is 10.2. The Morgan fingerprint density at radius 1 is 1.18 bits per heavy atom. The second kappa shape index (κ2) is 7.61.